The van der Waals surface area contributed by atoms with Gasteiger partial charge in [-0.05, 0) is 20.5 Å². The van der Waals surface area contributed by atoms with E-state index in [1.807, 2.05) is 19.0 Å². The fourth-order valence-corrected chi connectivity index (χ4v) is 1.49. The number of carbonyl (C=O) groups is 3. The predicted octanol–water partition coefficient (Wildman–Crippen LogP) is 0.392. The van der Waals surface area contributed by atoms with Crippen LogP contribution in [0, 0.1) is 0 Å². The van der Waals surface area contributed by atoms with E-state index in [-0.39, 0.29) is 31.0 Å². The largest absolute Gasteiger partial charge is 0.509 e. The summed E-state index contributed by atoms with van der Waals surface area (Å²) >= 11 is 0. The summed E-state index contributed by atoms with van der Waals surface area (Å²) in [7, 11) is 3.82. The second-order valence-electron chi connectivity index (χ2n) is 4.19. The van der Waals surface area contributed by atoms with Gasteiger partial charge in [-0.3, -0.25) is 9.59 Å². The highest BCUT2D eigenvalue weighted by Crippen LogP contribution is 2.14. The lowest BCUT2D eigenvalue weighted by atomic mass is 10.3. The number of carbonyl (C=O) groups excluding carboxylic acids is 3. The van der Waals surface area contributed by atoms with Crippen molar-refractivity contribution in [3.63, 3.8) is 0 Å². The van der Waals surface area contributed by atoms with Crippen LogP contribution in [-0.4, -0.2) is 56.0 Å². The Kier molecular flexibility index (Phi) is 5.09. The highest BCUT2D eigenvalue weighted by Gasteiger charge is 2.36. The van der Waals surface area contributed by atoms with Crippen LogP contribution in [0.25, 0.3) is 0 Å². The third-order valence-corrected chi connectivity index (χ3v) is 2.39. The normalized spacial score (nSPS) is 16.6. The van der Waals surface area contributed by atoms with Crippen molar-refractivity contribution in [2.45, 2.75) is 25.4 Å². The molecule has 6 nitrogen and oxygen atoms in total. The summed E-state index contributed by atoms with van der Waals surface area (Å²) in [5.74, 6) is -0.694. The topological polar surface area (TPSA) is 72.9 Å². The molecule has 1 aliphatic rings. The van der Waals surface area contributed by atoms with Gasteiger partial charge in [0.25, 0.3) is 0 Å². The highest BCUT2D eigenvalue weighted by molar-refractivity contribution is 6.12. The molecule has 0 radical (unpaired) electrons. The molecular weight excluding hydrogens is 226 g/mol. The Labute approximate surface area is 99.9 Å². The average Bonchev–Trinajstić information content (AvgIpc) is 2.56. The summed E-state index contributed by atoms with van der Waals surface area (Å²) < 4.78 is 9.43. The van der Waals surface area contributed by atoms with E-state index in [4.69, 9.17) is 4.74 Å². The van der Waals surface area contributed by atoms with Gasteiger partial charge < -0.3 is 14.4 Å². The first-order valence-corrected chi connectivity index (χ1v) is 5.54. The molecule has 1 rings (SSSR count). The number of hydrogen-bond acceptors (Lipinski definition) is 6. The van der Waals surface area contributed by atoms with Crippen LogP contribution < -0.4 is 0 Å². The average molecular weight is 243 g/mol. The zero-order chi connectivity index (χ0) is 12.8. The van der Waals surface area contributed by atoms with Crippen LogP contribution in [-0.2, 0) is 19.1 Å². The first-order valence-electron chi connectivity index (χ1n) is 5.54. The zero-order valence-corrected chi connectivity index (χ0v) is 10.1. The van der Waals surface area contributed by atoms with Gasteiger partial charge in [0, 0.05) is 19.4 Å². The molecule has 0 heterocycles. The maximum Gasteiger partial charge on any atom is 0.509 e. The Bertz CT molecular complexity index is 297. The van der Waals surface area contributed by atoms with Gasteiger partial charge in [0.1, 0.15) is 0 Å². The minimum absolute atomic E-state index is 0.150. The third kappa shape index (κ3) is 4.52. The number of ether oxygens (including phenoxy) is 2. The van der Waals surface area contributed by atoms with Gasteiger partial charge >= 0.3 is 6.16 Å². The van der Waals surface area contributed by atoms with Gasteiger partial charge in [-0.1, -0.05) is 0 Å². The van der Waals surface area contributed by atoms with E-state index < -0.39 is 12.3 Å². The second kappa shape index (κ2) is 6.34. The molecule has 1 saturated carbocycles. The summed E-state index contributed by atoms with van der Waals surface area (Å²) in [5, 5.41) is 0. The first kappa shape index (κ1) is 13.6. The van der Waals surface area contributed by atoms with Crippen molar-refractivity contribution < 1.29 is 23.9 Å². The Morgan fingerprint density at radius 2 is 1.88 bits per heavy atom. The molecule has 0 aromatic carbocycles. The monoisotopic (exact) mass is 243 g/mol. The van der Waals surface area contributed by atoms with Gasteiger partial charge in [0.2, 0.25) is 6.10 Å². The highest BCUT2D eigenvalue weighted by atomic mass is 16.7. The van der Waals surface area contributed by atoms with Gasteiger partial charge in [0.15, 0.2) is 11.6 Å². The van der Waals surface area contributed by atoms with E-state index in [0.717, 1.165) is 6.54 Å². The van der Waals surface area contributed by atoms with Crippen molar-refractivity contribution in [2.75, 3.05) is 27.2 Å². The lowest BCUT2D eigenvalue weighted by molar-refractivity contribution is -0.134. The third-order valence-electron chi connectivity index (χ3n) is 2.39. The van der Waals surface area contributed by atoms with Crippen molar-refractivity contribution in [1.29, 1.82) is 0 Å². The summed E-state index contributed by atoms with van der Waals surface area (Å²) in [6, 6.07) is 0. The molecule has 96 valence electrons. The summed E-state index contributed by atoms with van der Waals surface area (Å²) in [4.78, 5) is 35.5. The Morgan fingerprint density at radius 1 is 1.29 bits per heavy atom. The number of nitrogens with zero attached hydrogens (tertiary/aromatic N) is 1. The standard InChI is InChI=1S/C11H17NO5/c1-12(2)6-3-7-16-11(15)17-10-8(13)4-5-9(10)14/h10H,3-7H2,1-2H3. The molecule has 0 spiro atoms. The lowest BCUT2D eigenvalue weighted by Crippen LogP contribution is -2.29. The van der Waals surface area contributed by atoms with E-state index in [2.05, 4.69) is 4.74 Å². The van der Waals surface area contributed by atoms with E-state index in [9.17, 15) is 14.4 Å². The molecule has 0 aliphatic heterocycles. The van der Waals surface area contributed by atoms with Crippen LogP contribution in [0.5, 0.6) is 0 Å². The Hall–Kier alpha value is -1.43. The fourth-order valence-electron chi connectivity index (χ4n) is 1.49. The molecule has 1 fully saturated rings. The van der Waals surface area contributed by atoms with Gasteiger partial charge in [-0.2, -0.15) is 0 Å². The van der Waals surface area contributed by atoms with Crippen LogP contribution in [0.4, 0.5) is 4.79 Å². The van der Waals surface area contributed by atoms with Crippen molar-refractivity contribution in [2.24, 2.45) is 0 Å². The van der Waals surface area contributed by atoms with Crippen LogP contribution in [0.2, 0.25) is 0 Å². The van der Waals surface area contributed by atoms with E-state index >= 15 is 0 Å². The molecule has 17 heavy (non-hydrogen) atoms. The quantitative estimate of drug-likeness (QED) is 0.395. The fraction of sp³-hybridized carbons (Fsp3) is 0.727. The van der Waals surface area contributed by atoms with Crippen molar-refractivity contribution in [3.05, 3.63) is 0 Å². The van der Waals surface area contributed by atoms with Crippen molar-refractivity contribution >= 4 is 17.7 Å². The molecule has 0 unspecified atom stereocenters. The molecule has 0 saturated heterocycles. The number of rotatable bonds is 5. The van der Waals surface area contributed by atoms with E-state index in [1.165, 1.54) is 0 Å². The molecule has 0 bridgehead atoms. The summed E-state index contributed by atoms with van der Waals surface area (Å²) in [6.07, 6.45) is -1.21. The Balaban J connectivity index is 2.21. The first-order chi connectivity index (χ1) is 8.00. The van der Waals surface area contributed by atoms with Crippen LogP contribution >= 0.6 is 0 Å². The number of Topliss-reactive ketones (excluding diaryl/α,β-unsaturated/α-hetero) is 2. The van der Waals surface area contributed by atoms with Gasteiger partial charge in [-0.25, -0.2) is 4.79 Å². The molecular formula is C11H17NO5. The van der Waals surface area contributed by atoms with E-state index in [1.54, 1.807) is 0 Å². The van der Waals surface area contributed by atoms with E-state index in [0.29, 0.717) is 6.42 Å². The lowest BCUT2D eigenvalue weighted by Gasteiger charge is -2.11. The molecule has 0 aromatic rings. The van der Waals surface area contributed by atoms with Crippen LogP contribution in [0.15, 0.2) is 0 Å². The summed E-state index contributed by atoms with van der Waals surface area (Å²) in [5.41, 5.74) is 0. The smallest absolute Gasteiger partial charge is 0.434 e. The molecule has 0 amide bonds. The zero-order valence-electron chi connectivity index (χ0n) is 10.1. The maximum absolute atomic E-state index is 11.2. The van der Waals surface area contributed by atoms with Crippen molar-refractivity contribution in [3.8, 4) is 0 Å². The molecule has 6 heteroatoms. The number of ketones is 2. The maximum atomic E-state index is 11.2. The molecule has 1 aliphatic carbocycles. The predicted molar refractivity (Wildman–Crippen MR) is 58.6 cm³/mol. The second-order valence-corrected chi connectivity index (χ2v) is 4.19. The minimum Gasteiger partial charge on any atom is -0.434 e. The molecule has 0 aromatic heterocycles. The Morgan fingerprint density at radius 3 is 2.41 bits per heavy atom. The number of hydrogen-bond donors (Lipinski definition) is 0. The SMILES string of the molecule is CN(C)CCCOC(=O)OC1C(=O)CCC1=O. The summed E-state index contributed by atoms with van der Waals surface area (Å²) in [6.45, 7) is 1.00. The minimum atomic E-state index is -1.24. The van der Waals surface area contributed by atoms with Gasteiger partial charge in [-0.15, -0.1) is 0 Å². The van der Waals surface area contributed by atoms with Crippen LogP contribution in [0.1, 0.15) is 19.3 Å². The van der Waals surface area contributed by atoms with Crippen molar-refractivity contribution in [1.82, 2.24) is 4.90 Å². The molecule has 0 N–H and O–H groups in total. The van der Waals surface area contributed by atoms with Crippen LogP contribution in [0.3, 0.4) is 0 Å². The molecule has 0 atom stereocenters. The van der Waals surface area contributed by atoms with Gasteiger partial charge in [0.05, 0.1) is 6.61 Å².